The molecule has 22 heavy (non-hydrogen) atoms. The van der Waals surface area contributed by atoms with Gasteiger partial charge in [-0.05, 0) is 29.3 Å². The predicted molar refractivity (Wildman–Crippen MR) is 75.8 cm³/mol. The summed E-state index contributed by atoms with van der Waals surface area (Å²) in [6.45, 7) is 0.108. The molecule has 1 aliphatic rings. The quantitative estimate of drug-likeness (QED) is 0.853. The van der Waals surface area contributed by atoms with Gasteiger partial charge in [-0.3, -0.25) is 0 Å². The highest BCUT2D eigenvalue weighted by atomic mass is 19.4. The van der Waals surface area contributed by atoms with Crippen molar-refractivity contribution in [1.82, 2.24) is 0 Å². The molecule has 2 aromatic rings. The summed E-state index contributed by atoms with van der Waals surface area (Å²) >= 11 is 0. The van der Waals surface area contributed by atoms with Gasteiger partial charge < -0.3 is 10.6 Å². The lowest BCUT2D eigenvalue weighted by atomic mass is 9.99. The van der Waals surface area contributed by atoms with Crippen molar-refractivity contribution < 1.29 is 17.6 Å². The maximum atomic E-state index is 14.0. The van der Waals surface area contributed by atoms with E-state index in [4.69, 9.17) is 5.73 Å². The SMILES string of the molecule is NCC1c2cccc(C(F)(F)F)c2CN1c1ccccc1F. The van der Waals surface area contributed by atoms with Gasteiger partial charge in [0.15, 0.2) is 0 Å². The zero-order chi connectivity index (χ0) is 15.9. The molecule has 0 aliphatic carbocycles. The van der Waals surface area contributed by atoms with Crippen LogP contribution in [0.3, 0.4) is 0 Å². The van der Waals surface area contributed by atoms with Gasteiger partial charge in [0.05, 0.1) is 17.3 Å². The Kier molecular flexibility index (Phi) is 3.56. The van der Waals surface area contributed by atoms with Gasteiger partial charge in [-0.25, -0.2) is 4.39 Å². The first-order chi connectivity index (χ1) is 10.4. The number of hydrogen-bond donors (Lipinski definition) is 1. The second-order valence-electron chi connectivity index (χ2n) is 5.20. The van der Waals surface area contributed by atoms with Crippen molar-refractivity contribution in [3.8, 4) is 0 Å². The third-order valence-electron chi connectivity index (χ3n) is 3.97. The minimum atomic E-state index is -4.43. The molecule has 2 nitrogen and oxygen atoms in total. The molecule has 2 aromatic carbocycles. The highest BCUT2D eigenvalue weighted by Crippen LogP contribution is 2.43. The summed E-state index contributed by atoms with van der Waals surface area (Å²) < 4.78 is 53.5. The van der Waals surface area contributed by atoms with Crippen molar-refractivity contribution in [2.45, 2.75) is 18.8 Å². The van der Waals surface area contributed by atoms with E-state index in [0.717, 1.165) is 6.07 Å². The van der Waals surface area contributed by atoms with Crippen LogP contribution in [-0.4, -0.2) is 6.54 Å². The summed E-state index contributed by atoms with van der Waals surface area (Å²) in [6, 6.07) is 9.62. The van der Waals surface area contributed by atoms with Gasteiger partial charge in [0, 0.05) is 13.1 Å². The largest absolute Gasteiger partial charge is 0.416 e. The second-order valence-corrected chi connectivity index (χ2v) is 5.20. The maximum absolute atomic E-state index is 14.0. The average Bonchev–Trinajstić information content (AvgIpc) is 2.84. The number of benzene rings is 2. The Labute approximate surface area is 125 Å². The normalized spacial score (nSPS) is 17.7. The van der Waals surface area contributed by atoms with Gasteiger partial charge in [-0.2, -0.15) is 13.2 Å². The highest BCUT2D eigenvalue weighted by Gasteiger charge is 2.40. The number of halogens is 4. The van der Waals surface area contributed by atoms with Gasteiger partial charge >= 0.3 is 6.18 Å². The summed E-state index contributed by atoms with van der Waals surface area (Å²) in [5.41, 5.74) is 6.02. The molecule has 1 unspecified atom stereocenters. The van der Waals surface area contributed by atoms with Crippen LogP contribution in [0.25, 0.3) is 0 Å². The Balaban J connectivity index is 2.10. The number of hydrogen-bond acceptors (Lipinski definition) is 2. The van der Waals surface area contributed by atoms with Crippen LogP contribution in [0.1, 0.15) is 22.7 Å². The number of fused-ring (bicyclic) bond motifs is 1. The van der Waals surface area contributed by atoms with Crippen molar-refractivity contribution in [3.63, 3.8) is 0 Å². The van der Waals surface area contributed by atoms with E-state index in [1.165, 1.54) is 12.1 Å². The third kappa shape index (κ3) is 2.33. The van der Waals surface area contributed by atoms with E-state index in [9.17, 15) is 17.6 Å². The molecule has 0 radical (unpaired) electrons. The van der Waals surface area contributed by atoms with E-state index in [1.807, 2.05) is 0 Å². The molecular weight excluding hydrogens is 296 g/mol. The minimum Gasteiger partial charge on any atom is -0.356 e. The molecule has 6 heteroatoms. The number of rotatable bonds is 2. The Morgan fingerprint density at radius 3 is 2.45 bits per heavy atom. The Bertz CT molecular complexity index is 697. The number of para-hydroxylation sites is 1. The van der Waals surface area contributed by atoms with Gasteiger partial charge in [0.2, 0.25) is 0 Å². The number of nitrogens with zero attached hydrogens (tertiary/aromatic N) is 1. The zero-order valence-electron chi connectivity index (χ0n) is 11.6. The van der Waals surface area contributed by atoms with Gasteiger partial charge in [-0.1, -0.05) is 24.3 Å². The van der Waals surface area contributed by atoms with Crippen molar-refractivity contribution in [3.05, 3.63) is 65.0 Å². The Hall–Kier alpha value is -2.08. The molecule has 0 fully saturated rings. The van der Waals surface area contributed by atoms with E-state index in [0.29, 0.717) is 5.56 Å². The van der Waals surface area contributed by atoms with Crippen molar-refractivity contribution in [1.29, 1.82) is 0 Å². The summed E-state index contributed by atoms with van der Waals surface area (Å²) in [6.07, 6.45) is -4.43. The van der Waals surface area contributed by atoms with Crippen LogP contribution in [0.15, 0.2) is 42.5 Å². The topological polar surface area (TPSA) is 29.3 Å². The summed E-state index contributed by atoms with van der Waals surface area (Å²) in [5, 5.41) is 0. The van der Waals surface area contributed by atoms with Gasteiger partial charge in [0.1, 0.15) is 5.82 Å². The van der Waals surface area contributed by atoms with E-state index in [1.54, 1.807) is 29.2 Å². The first-order valence-electron chi connectivity index (χ1n) is 6.83. The van der Waals surface area contributed by atoms with Crippen LogP contribution in [0.5, 0.6) is 0 Å². The van der Waals surface area contributed by atoms with E-state index < -0.39 is 23.6 Å². The lowest BCUT2D eigenvalue weighted by molar-refractivity contribution is -0.138. The lowest BCUT2D eigenvalue weighted by Crippen LogP contribution is -2.28. The van der Waals surface area contributed by atoms with Gasteiger partial charge in [-0.15, -0.1) is 0 Å². The molecule has 2 N–H and O–H groups in total. The highest BCUT2D eigenvalue weighted by molar-refractivity contribution is 5.57. The second kappa shape index (κ2) is 5.28. The fourth-order valence-electron chi connectivity index (χ4n) is 3.00. The predicted octanol–water partition coefficient (Wildman–Crippen LogP) is 3.86. The zero-order valence-corrected chi connectivity index (χ0v) is 11.6. The van der Waals surface area contributed by atoms with Crippen molar-refractivity contribution in [2.75, 3.05) is 11.4 Å². The van der Waals surface area contributed by atoms with Crippen LogP contribution in [0, 0.1) is 5.82 Å². The molecule has 116 valence electrons. The van der Waals surface area contributed by atoms with Crippen molar-refractivity contribution in [2.24, 2.45) is 5.73 Å². The molecule has 0 bridgehead atoms. The smallest absolute Gasteiger partial charge is 0.356 e. The molecule has 0 spiro atoms. The fourth-order valence-corrected chi connectivity index (χ4v) is 3.00. The molecule has 0 aromatic heterocycles. The average molecular weight is 310 g/mol. The molecule has 1 heterocycles. The fraction of sp³-hybridized carbons (Fsp3) is 0.250. The summed E-state index contributed by atoms with van der Waals surface area (Å²) in [7, 11) is 0. The summed E-state index contributed by atoms with van der Waals surface area (Å²) in [4.78, 5) is 1.59. The van der Waals surface area contributed by atoms with Crippen LogP contribution in [0.4, 0.5) is 23.2 Å². The van der Waals surface area contributed by atoms with Crippen LogP contribution < -0.4 is 10.6 Å². The molecule has 1 atom stereocenters. The monoisotopic (exact) mass is 310 g/mol. The molecular formula is C16H14F4N2. The molecule has 1 aliphatic heterocycles. The van der Waals surface area contributed by atoms with Crippen LogP contribution >= 0.6 is 0 Å². The lowest BCUT2D eigenvalue weighted by Gasteiger charge is -2.26. The van der Waals surface area contributed by atoms with Crippen LogP contribution in [0.2, 0.25) is 0 Å². The summed E-state index contributed by atoms with van der Waals surface area (Å²) in [5.74, 6) is -0.470. The first kappa shape index (κ1) is 14.8. The van der Waals surface area contributed by atoms with Crippen molar-refractivity contribution >= 4 is 5.69 Å². The third-order valence-corrected chi connectivity index (χ3v) is 3.97. The number of alkyl halides is 3. The standard InChI is InChI=1S/C16H14F4N2/c17-13-6-1-2-7-14(13)22-9-11-10(15(22)8-21)4-3-5-12(11)16(18,19)20/h1-7,15H,8-9,21H2. The van der Waals surface area contributed by atoms with E-state index in [-0.39, 0.29) is 24.3 Å². The molecule has 0 amide bonds. The minimum absolute atomic E-state index is 0.00613. The molecule has 0 saturated carbocycles. The Morgan fingerprint density at radius 1 is 1.09 bits per heavy atom. The van der Waals surface area contributed by atoms with E-state index >= 15 is 0 Å². The first-order valence-corrected chi connectivity index (χ1v) is 6.83. The number of nitrogens with two attached hydrogens (primary N) is 1. The van der Waals surface area contributed by atoms with Crippen LogP contribution in [-0.2, 0) is 12.7 Å². The molecule has 3 rings (SSSR count). The van der Waals surface area contributed by atoms with E-state index in [2.05, 4.69) is 0 Å². The maximum Gasteiger partial charge on any atom is 0.416 e. The molecule has 0 saturated heterocycles. The van der Waals surface area contributed by atoms with Gasteiger partial charge in [0.25, 0.3) is 0 Å². The Morgan fingerprint density at radius 2 is 1.82 bits per heavy atom. The number of anilines is 1.